The summed E-state index contributed by atoms with van der Waals surface area (Å²) in [6.45, 7) is 16.6. The first-order chi connectivity index (χ1) is 7.57. The maximum absolute atomic E-state index is 5.68. The Bertz CT molecular complexity index is 249. The van der Waals surface area contributed by atoms with Gasteiger partial charge in [-0.05, 0) is 41.4 Å². The van der Waals surface area contributed by atoms with Gasteiger partial charge in [-0.3, -0.25) is 0 Å². The van der Waals surface area contributed by atoms with Crippen molar-refractivity contribution >= 4 is 9.47 Å². The fourth-order valence-corrected chi connectivity index (χ4v) is 3.92. The van der Waals surface area contributed by atoms with E-state index in [2.05, 4.69) is 57.9 Å². The highest BCUT2D eigenvalue weighted by Crippen LogP contribution is 2.49. The molecule has 102 valence electrons. The third-order valence-corrected chi connectivity index (χ3v) is 5.00. The third-order valence-electron chi connectivity index (χ3n) is 4.65. The normalized spacial score (nSPS) is 36.0. The molecular formula is C15H31OP. The summed E-state index contributed by atoms with van der Waals surface area (Å²) in [7, 11) is 2.49. The zero-order valence-corrected chi connectivity index (χ0v) is 13.9. The van der Waals surface area contributed by atoms with E-state index in [-0.39, 0.29) is 0 Å². The van der Waals surface area contributed by atoms with E-state index in [0.717, 1.165) is 11.8 Å². The van der Waals surface area contributed by atoms with Crippen LogP contribution in [0.15, 0.2) is 0 Å². The molecule has 0 bridgehead atoms. The Hall–Kier alpha value is 0.390. The lowest BCUT2D eigenvalue weighted by Crippen LogP contribution is -2.44. The summed E-state index contributed by atoms with van der Waals surface area (Å²) in [6.07, 6.45) is 2.91. The van der Waals surface area contributed by atoms with Crippen LogP contribution in [-0.2, 0) is 4.52 Å². The lowest BCUT2D eigenvalue weighted by atomic mass is 9.59. The monoisotopic (exact) mass is 258 g/mol. The first-order valence-corrected chi connectivity index (χ1v) is 7.40. The summed E-state index contributed by atoms with van der Waals surface area (Å²) >= 11 is 0. The van der Waals surface area contributed by atoms with Gasteiger partial charge in [-0.25, -0.2) is 0 Å². The molecule has 0 N–H and O–H groups in total. The first-order valence-electron chi connectivity index (χ1n) is 6.93. The zero-order valence-electron chi connectivity index (χ0n) is 12.7. The molecule has 1 rings (SSSR count). The fourth-order valence-electron chi connectivity index (χ4n) is 3.62. The quantitative estimate of drug-likeness (QED) is 0.607. The van der Waals surface area contributed by atoms with Crippen LogP contribution in [0.3, 0.4) is 0 Å². The van der Waals surface area contributed by atoms with Gasteiger partial charge in [0.15, 0.2) is 0 Å². The standard InChI is InChI=1S/C15H31OP/c1-10-8-13(16-17)12(15(5,6)7)9-11(10)14(2,3)4/h10-13H,8-9,17H2,1-7H3. The van der Waals surface area contributed by atoms with Crippen molar-refractivity contribution in [2.24, 2.45) is 28.6 Å². The maximum atomic E-state index is 5.68. The summed E-state index contributed by atoms with van der Waals surface area (Å²) in [6, 6.07) is 0. The fraction of sp³-hybridized carbons (Fsp3) is 1.00. The SMILES string of the molecule is CC1CC(OP)C(C(C)(C)C)CC1C(C)(C)C. The van der Waals surface area contributed by atoms with Crippen molar-refractivity contribution in [3.63, 3.8) is 0 Å². The third kappa shape index (κ3) is 3.67. The molecule has 1 nitrogen and oxygen atoms in total. The number of hydrogen-bond donors (Lipinski definition) is 0. The van der Waals surface area contributed by atoms with Crippen LogP contribution in [-0.4, -0.2) is 6.10 Å². The van der Waals surface area contributed by atoms with Crippen molar-refractivity contribution in [1.82, 2.24) is 0 Å². The average molecular weight is 258 g/mol. The van der Waals surface area contributed by atoms with Gasteiger partial charge in [0, 0.05) is 9.47 Å². The van der Waals surface area contributed by atoms with E-state index < -0.39 is 0 Å². The lowest BCUT2D eigenvalue weighted by molar-refractivity contribution is -0.0353. The molecule has 0 heterocycles. The number of rotatable bonds is 1. The molecule has 0 aromatic carbocycles. The molecule has 5 atom stereocenters. The Balaban J connectivity index is 2.90. The van der Waals surface area contributed by atoms with Crippen molar-refractivity contribution in [2.45, 2.75) is 67.4 Å². The van der Waals surface area contributed by atoms with Crippen molar-refractivity contribution in [2.75, 3.05) is 0 Å². The molecular weight excluding hydrogens is 227 g/mol. The highest BCUT2D eigenvalue weighted by molar-refractivity contribution is 7.09. The molecule has 5 unspecified atom stereocenters. The van der Waals surface area contributed by atoms with Crippen LogP contribution in [0.5, 0.6) is 0 Å². The predicted octanol–water partition coefficient (Wildman–Crippen LogP) is 4.92. The molecule has 0 aromatic heterocycles. The lowest BCUT2D eigenvalue weighted by Gasteiger charge is -2.49. The second kappa shape index (κ2) is 5.17. The predicted molar refractivity (Wildman–Crippen MR) is 78.9 cm³/mol. The smallest absolute Gasteiger partial charge is 0.0646 e. The molecule has 1 aliphatic rings. The molecule has 2 heteroatoms. The largest absolute Gasteiger partial charge is 0.362 e. The van der Waals surface area contributed by atoms with E-state index in [1.165, 1.54) is 12.8 Å². The minimum Gasteiger partial charge on any atom is -0.362 e. The van der Waals surface area contributed by atoms with Gasteiger partial charge >= 0.3 is 0 Å². The van der Waals surface area contributed by atoms with Gasteiger partial charge in [-0.15, -0.1) is 0 Å². The number of hydrogen-bond acceptors (Lipinski definition) is 1. The van der Waals surface area contributed by atoms with E-state index in [1.807, 2.05) is 0 Å². The second-order valence-electron chi connectivity index (χ2n) is 8.07. The van der Waals surface area contributed by atoms with Crippen molar-refractivity contribution in [3.8, 4) is 0 Å². The Morgan fingerprint density at radius 1 is 0.882 bits per heavy atom. The molecule has 0 radical (unpaired) electrons. The van der Waals surface area contributed by atoms with Gasteiger partial charge < -0.3 is 4.52 Å². The highest BCUT2D eigenvalue weighted by Gasteiger charge is 2.44. The Labute approximate surface area is 110 Å². The van der Waals surface area contributed by atoms with Crippen molar-refractivity contribution in [1.29, 1.82) is 0 Å². The summed E-state index contributed by atoms with van der Waals surface area (Å²) in [5.41, 5.74) is 0.750. The molecule has 0 spiro atoms. The van der Waals surface area contributed by atoms with Gasteiger partial charge in [-0.2, -0.15) is 0 Å². The van der Waals surface area contributed by atoms with Crippen LogP contribution >= 0.6 is 9.47 Å². The maximum Gasteiger partial charge on any atom is 0.0646 e. The second-order valence-corrected chi connectivity index (χ2v) is 8.34. The van der Waals surface area contributed by atoms with Crippen LogP contribution in [0, 0.1) is 28.6 Å². The zero-order chi connectivity index (χ0) is 13.4. The minimum absolute atomic E-state index is 0.338. The van der Waals surface area contributed by atoms with Crippen LogP contribution in [0.25, 0.3) is 0 Å². The summed E-state index contributed by atoms with van der Waals surface area (Å²) in [5, 5.41) is 0. The topological polar surface area (TPSA) is 9.23 Å². The molecule has 1 fully saturated rings. The summed E-state index contributed by atoms with van der Waals surface area (Å²) < 4.78 is 5.68. The summed E-state index contributed by atoms with van der Waals surface area (Å²) in [5.74, 6) is 2.24. The Morgan fingerprint density at radius 2 is 1.35 bits per heavy atom. The minimum atomic E-state index is 0.338. The average Bonchev–Trinajstić information content (AvgIpc) is 2.13. The van der Waals surface area contributed by atoms with Gasteiger partial charge in [0.1, 0.15) is 0 Å². The molecule has 0 aromatic rings. The van der Waals surface area contributed by atoms with Crippen molar-refractivity contribution in [3.05, 3.63) is 0 Å². The van der Waals surface area contributed by atoms with E-state index in [1.54, 1.807) is 0 Å². The van der Waals surface area contributed by atoms with E-state index in [4.69, 9.17) is 4.52 Å². The van der Waals surface area contributed by atoms with Gasteiger partial charge in [-0.1, -0.05) is 48.5 Å². The van der Waals surface area contributed by atoms with Crippen molar-refractivity contribution < 1.29 is 4.52 Å². The van der Waals surface area contributed by atoms with Gasteiger partial charge in [0.25, 0.3) is 0 Å². The van der Waals surface area contributed by atoms with Gasteiger partial charge in [0.05, 0.1) is 6.10 Å². The molecule has 0 aliphatic heterocycles. The van der Waals surface area contributed by atoms with Gasteiger partial charge in [0.2, 0.25) is 0 Å². The van der Waals surface area contributed by atoms with E-state index >= 15 is 0 Å². The molecule has 1 aliphatic carbocycles. The van der Waals surface area contributed by atoms with Crippen LogP contribution in [0.2, 0.25) is 0 Å². The molecule has 0 amide bonds. The van der Waals surface area contributed by atoms with E-state index in [0.29, 0.717) is 22.9 Å². The summed E-state index contributed by atoms with van der Waals surface area (Å²) in [4.78, 5) is 0. The van der Waals surface area contributed by atoms with Crippen LogP contribution in [0.1, 0.15) is 61.3 Å². The van der Waals surface area contributed by atoms with E-state index in [9.17, 15) is 0 Å². The first kappa shape index (κ1) is 15.4. The Morgan fingerprint density at radius 3 is 1.71 bits per heavy atom. The molecule has 0 saturated heterocycles. The van der Waals surface area contributed by atoms with Crippen LogP contribution in [0.4, 0.5) is 0 Å². The molecule has 1 saturated carbocycles. The Kier molecular flexibility index (Phi) is 4.70. The van der Waals surface area contributed by atoms with Crippen LogP contribution < -0.4 is 0 Å². The highest BCUT2D eigenvalue weighted by atomic mass is 31.0. The molecule has 17 heavy (non-hydrogen) atoms.